The minimum atomic E-state index is -4.24. The van der Waals surface area contributed by atoms with E-state index in [2.05, 4.69) is 20.7 Å². The first-order valence-electron chi connectivity index (χ1n) is 13.6. The highest BCUT2D eigenvalue weighted by atomic mass is 79.9. The van der Waals surface area contributed by atoms with Gasteiger partial charge < -0.3 is 14.2 Å². The summed E-state index contributed by atoms with van der Waals surface area (Å²) in [5.41, 5.74) is 0.319. The minimum Gasteiger partial charge on any atom is -0.467 e. The van der Waals surface area contributed by atoms with Gasteiger partial charge in [-0.05, 0) is 54.0 Å². The molecule has 0 saturated heterocycles. The van der Waals surface area contributed by atoms with Crippen molar-refractivity contribution in [1.82, 2.24) is 4.72 Å². The molecule has 0 aliphatic rings. The maximum absolute atomic E-state index is 14.1. The summed E-state index contributed by atoms with van der Waals surface area (Å²) in [6.07, 6.45) is 1.34. The van der Waals surface area contributed by atoms with Crippen molar-refractivity contribution < 1.29 is 32.2 Å². The molecule has 4 aromatic rings. The second kappa shape index (κ2) is 14.5. The molecule has 10 heteroatoms. The second-order valence-electron chi connectivity index (χ2n) is 9.89. The molecule has 4 rings (SSSR count). The summed E-state index contributed by atoms with van der Waals surface area (Å²) in [6.45, 7) is 1.83. The molecule has 228 valence electrons. The fraction of sp³-hybridized carbons (Fsp3) is 0.176. The van der Waals surface area contributed by atoms with E-state index in [-0.39, 0.29) is 11.5 Å². The predicted molar refractivity (Wildman–Crippen MR) is 170 cm³/mol. The first-order valence-corrected chi connectivity index (χ1v) is 15.8. The number of sulfonamides is 1. The van der Waals surface area contributed by atoms with Crippen molar-refractivity contribution in [2.75, 3.05) is 14.2 Å². The van der Waals surface area contributed by atoms with E-state index in [0.717, 1.165) is 22.7 Å². The number of carbonyl (C=O) groups excluding carboxylic acids is 2. The molecule has 4 aromatic carbocycles. The van der Waals surface area contributed by atoms with Gasteiger partial charge in [0.05, 0.1) is 25.7 Å². The van der Waals surface area contributed by atoms with Crippen LogP contribution in [0.2, 0.25) is 0 Å². The molecule has 0 saturated carbocycles. The number of methoxy groups -OCH3 is 2. The Balaban J connectivity index is 1.98. The van der Waals surface area contributed by atoms with Gasteiger partial charge in [0.2, 0.25) is 5.60 Å². The molecule has 0 spiro atoms. The van der Waals surface area contributed by atoms with E-state index in [1.54, 1.807) is 66.7 Å². The van der Waals surface area contributed by atoms with Gasteiger partial charge in [0.15, 0.2) is 0 Å². The van der Waals surface area contributed by atoms with Gasteiger partial charge in [0.1, 0.15) is 5.70 Å². The molecule has 0 aliphatic carbocycles. The zero-order valence-electron chi connectivity index (χ0n) is 24.4. The molecule has 0 amide bonds. The van der Waals surface area contributed by atoms with E-state index in [1.807, 2.05) is 37.3 Å². The summed E-state index contributed by atoms with van der Waals surface area (Å²) in [4.78, 5) is 27.2. The van der Waals surface area contributed by atoms with Crippen LogP contribution in [0.25, 0.3) is 0 Å². The molecule has 0 aromatic heterocycles. The number of halogens is 1. The molecule has 0 fully saturated rings. The van der Waals surface area contributed by atoms with Crippen molar-refractivity contribution in [2.45, 2.75) is 29.9 Å². The van der Waals surface area contributed by atoms with Crippen LogP contribution in [-0.4, -0.2) is 34.6 Å². The number of benzene rings is 4. The third-order valence-electron chi connectivity index (χ3n) is 6.98. The lowest BCUT2D eigenvalue weighted by Crippen LogP contribution is -2.45. The Hall–Kier alpha value is -4.25. The Kier molecular flexibility index (Phi) is 10.7. The predicted octanol–water partition coefficient (Wildman–Crippen LogP) is 6.16. The summed E-state index contributed by atoms with van der Waals surface area (Å²) in [5, 5.41) is 0. The van der Waals surface area contributed by atoms with Gasteiger partial charge in [0.25, 0.3) is 10.0 Å². The largest absolute Gasteiger partial charge is 0.467 e. The average molecular weight is 679 g/mol. The average Bonchev–Trinajstić information content (AvgIpc) is 3.05. The van der Waals surface area contributed by atoms with Gasteiger partial charge in [-0.15, -0.1) is 0 Å². The van der Waals surface area contributed by atoms with Gasteiger partial charge in [-0.1, -0.05) is 106 Å². The van der Waals surface area contributed by atoms with E-state index in [4.69, 9.17) is 14.2 Å². The van der Waals surface area contributed by atoms with Crippen molar-refractivity contribution in [3.05, 3.63) is 148 Å². The van der Waals surface area contributed by atoms with Gasteiger partial charge in [-0.2, -0.15) is 0 Å². The number of aryl methyl sites for hydroxylation is 1. The van der Waals surface area contributed by atoms with Gasteiger partial charge in [-0.25, -0.2) is 18.0 Å². The molecule has 2 atom stereocenters. The Bertz CT molecular complexity index is 1710. The van der Waals surface area contributed by atoms with Crippen LogP contribution in [0.15, 0.2) is 130 Å². The summed E-state index contributed by atoms with van der Waals surface area (Å²) in [7, 11) is -1.85. The van der Waals surface area contributed by atoms with E-state index in [0.29, 0.717) is 11.1 Å². The van der Waals surface area contributed by atoms with Crippen LogP contribution in [0, 0.1) is 6.92 Å². The summed E-state index contributed by atoms with van der Waals surface area (Å²) >= 11 is 3.45. The quantitative estimate of drug-likeness (QED) is 0.141. The second-order valence-corrected chi connectivity index (χ2v) is 12.5. The number of ether oxygens (including phenoxy) is 3. The molecule has 0 bridgehead atoms. The normalized spacial score (nSPS) is 13.8. The molecular formula is C34H32BrNO7S. The van der Waals surface area contributed by atoms with E-state index in [1.165, 1.54) is 25.3 Å². The third-order valence-corrected chi connectivity index (χ3v) is 8.89. The van der Waals surface area contributed by atoms with Crippen LogP contribution in [0.1, 0.15) is 28.2 Å². The highest BCUT2D eigenvalue weighted by molar-refractivity contribution is 9.10. The number of nitrogens with one attached hydrogen (secondary N) is 1. The smallest absolute Gasteiger partial charge is 0.354 e. The first-order chi connectivity index (χ1) is 21.1. The van der Waals surface area contributed by atoms with Gasteiger partial charge in [-0.3, -0.25) is 4.72 Å². The Morgan fingerprint density at radius 2 is 1.43 bits per heavy atom. The highest BCUT2D eigenvalue weighted by Gasteiger charge is 2.50. The molecule has 0 heterocycles. The number of hydrogen-bond donors (Lipinski definition) is 1. The highest BCUT2D eigenvalue weighted by Crippen LogP contribution is 2.44. The van der Waals surface area contributed by atoms with Gasteiger partial charge in [0, 0.05) is 10.4 Å². The molecule has 0 aliphatic heterocycles. The molecule has 1 N–H and O–H groups in total. The lowest BCUT2D eigenvalue weighted by atomic mass is 9.76. The lowest BCUT2D eigenvalue weighted by Gasteiger charge is -2.38. The van der Waals surface area contributed by atoms with Gasteiger partial charge >= 0.3 is 11.9 Å². The van der Waals surface area contributed by atoms with Crippen molar-refractivity contribution in [3.63, 3.8) is 0 Å². The molecule has 0 radical (unpaired) electrons. The summed E-state index contributed by atoms with van der Waals surface area (Å²) < 4.78 is 47.1. The van der Waals surface area contributed by atoms with Crippen LogP contribution in [0.3, 0.4) is 0 Å². The third kappa shape index (κ3) is 7.45. The van der Waals surface area contributed by atoms with Crippen LogP contribution in [-0.2, 0) is 46.0 Å². The number of hydrogen-bond acceptors (Lipinski definition) is 7. The summed E-state index contributed by atoms with van der Waals surface area (Å²) in [6, 6.07) is 31.2. The van der Waals surface area contributed by atoms with Crippen LogP contribution < -0.4 is 4.72 Å². The van der Waals surface area contributed by atoms with Crippen molar-refractivity contribution in [1.29, 1.82) is 0 Å². The van der Waals surface area contributed by atoms with Crippen molar-refractivity contribution in [2.24, 2.45) is 0 Å². The zero-order valence-corrected chi connectivity index (χ0v) is 26.8. The Labute approximate surface area is 265 Å². The SMILES string of the molecule is COC(=O)/C(=C/C(c1ccc(Br)cc1)C(OCc1ccccc1)(C(=O)OC)c1ccccc1)NS(=O)(=O)c1ccc(C)cc1. The van der Waals surface area contributed by atoms with Crippen molar-refractivity contribution >= 4 is 37.9 Å². The van der Waals surface area contributed by atoms with Crippen LogP contribution in [0.4, 0.5) is 0 Å². The monoisotopic (exact) mass is 677 g/mol. The maximum Gasteiger partial charge on any atom is 0.354 e. The zero-order chi connectivity index (χ0) is 31.7. The summed E-state index contributed by atoms with van der Waals surface area (Å²) in [5.74, 6) is -2.81. The Morgan fingerprint density at radius 3 is 2.00 bits per heavy atom. The molecule has 44 heavy (non-hydrogen) atoms. The standard InChI is InChI=1S/C34H32BrNO7S/c1-24-14-20-29(21-15-24)44(39,40)36-31(32(37)41-2)22-30(26-16-18-28(35)19-17-26)34(33(38)42-3,27-12-8-5-9-13-27)43-23-25-10-6-4-7-11-25/h4-22,30,36H,23H2,1-3H3/b31-22-. The Morgan fingerprint density at radius 1 is 0.841 bits per heavy atom. The molecular weight excluding hydrogens is 646 g/mol. The number of esters is 2. The van der Waals surface area contributed by atoms with Crippen LogP contribution in [0.5, 0.6) is 0 Å². The van der Waals surface area contributed by atoms with E-state index < -0.39 is 39.2 Å². The van der Waals surface area contributed by atoms with Crippen molar-refractivity contribution in [3.8, 4) is 0 Å². The minimum absolute atomic E-state index is 0.00560. The number of carbonyl (C=O) groups is 2. The van der Waals surface area contributed by atoms with E-state index >= 15 is 0 Å². The van der Waals surface area contributed by atoms with Crippen LogP contribution >= 0.6 is 15.9 Å². The van der Waals surface area contributed by atoms with E-state index in [9.17, 15) is 18.0 Å². The topological polar surface area (TPSA) is 108 Å². The maximum atomic E-state index is 14.1. The fourth-order valence-electron chi connectivity index (χ4n) is 4.73. The first kappa shape index (κ1) is 32.7. The molecule has 8 nitrogen and oxygen atoms in total. The molecule has 2 unspecified atom stereocenters. The fourth-order valence-corrected chi connectivity index (χ4v) is 6.04. The lowest BCUT2D eigenvalue weighted by molar-refractivity contribution is -0.176. The number of rotatable bonds is 12.